The predicted molar refractivity (Wildman–Crippen MR) is 105 cm³/mol. The van der Waals surface area contributed by atoms with Gasteiger partial charge in [0.2, 0.25) is 0 Å². The van der Waals surface area contributed by atoms with Crippen molar-refractivity contribution in [3.8, 4) is 0 Å². The van der Waals surface area contributed by atoms with Crippen LogP contribution in [0.5, 0.6) is 0 Å². The Morgan fingerprint density at radius 1 is 1.19 bits per heavy atom. The summed E-state index contributed by atoms with van der Waals surface area (Å²) in [5, 5.41) is 6.16. The normalized spacial score (nSPS) is 16.7. The minimum absolute atomic E-state index is 0.194. The molecule has 0 aliphatic carbocycles. The maximum atomic E-state index is 12.7. The summed E-state index contributed by atoms with van der Waals surface area (Å²) in [7, 11) is 1.57. The van der Waals surface area contributed by atoms with Crippen LogP contribution in [0, 0.1) is 6.92 Å². The number of halogens is 1. The smallest absolute Gasteiger partial charge is 0.322 e. The number of morpholine rings is 1. The van der Waals surface area contributed by atoms with Crippen LogP contribution in [-0.2, 0) is 4.74 Å². The van der Waals surface area contributed by atoms with Gasteiger partial charge in [0.05, 0.1) is 13.2 Å². The molecular formula is C20H22ClN3O3. The van der Waals surface area contributed by atoms with E-state index in [0.29, 0.717) is 36.0 Å². The van der Waals surface area contributed by atoms with Crippen molar-refractivity contribution in [3.05, 3.63) is 64.2 Å². The quantitative estimate of drug-likeness (QED) is 0.845. The molecule has 1 heterocycles. The number of carbonyl (C=O) groups is 2. The van der Waals surface area contributed by atoms with E-state index in [1.54, 1.807) is 24.1 Å². The largest absolute Gasteiger partial charge is 0.370 e. The standard InChI is InChI=1S/C20H22ClN3O3/c1-13-3-4-15(19(25)22-2)11-17(13)23-20(26)24-9-10-27-18(12-24)14-5-7-16(21)8-6-14/h3-8,11,18H,9-10,12H2,1-2H3,(H,22,25)(H,23,26)/t18-/m1/s1. The van der Waals surface area contributed by atoms with Gasteiger partial charge < -0.3 is 20.3 Å². The lowest BCUT2D eigenvalue weighted by molar-refractivity contribution is -0.0135. The molecular weight excluding hydrogens is 366 g/mol. The van der Waals surface area contributed by atoms with E-state index in [1.807, 2.05) is 37.3 Å². The average molecular weight is 388 g/mol. The molecule has 0 bridgehead atoms. The second kappa shape index (κ2) is 8.41. The van der Waals surface area contributed by atoms with Crippen LogP contribution in [0.3, 0.4) is 0 Å². The Bertz CT molecular complexity index is 839. The number of nitrogens with zero attached hydrogens (tertiary/aromatic N) is 1. The highest BCUT2D eigenvalue weighted by molar-refractivity contribution is 6.30. The molecule has 3 amide bonds. The predicted octanol–water partition coefficient (Wildman–Crippen LogP) is 3.61. The molecule has 1 fully saturated rings. The fraction of sp³-hybridized carbons (Fsp3) is 0.300. The molecule has 2 aromatic rings. The van der Waals surface area contributed by atoms with Crippen molar-refractivity contribution in [2.24, 2.45) is 0 Å². The summed E-state index contributed by atoms with van der Waals surface area (Å²) in [6, 6.07) is 12.5. The maximum Gasteiger partial charge on any atom is 0.322 e. The molecule has 1 aliphatic heterocycles. The lowest BCUT2D eigenvalue weighted by Crippen LogP contribution is -2.44. The first-order valence-corrected chi connectivity index (χ1v) is 9.11. The van der Waals surface area contributed by atoms with Gasteiger partial charge in [-0.25, -0.2) is 4.79 Å². The van der Waals surface area contributed by atoms with Crippen LogP contribution in [-0.4, -0.2) is 43.6 Å². The Hall–Kier alpha value is -2.57. The Morgan fingerprint density at radius 3 is 2.63 bits per heavy atom. The Balaban J connectivity index is 1.70. The third kappa shape index (κ3) is 4.59. The van der Waals surface area contributed by atoms with Gasteiger partial charge in [0, 0.05) is 29.9 Å². The first kappa shape index (κ1) is 19.2. The van der Waals surface area contributed by atoms with Gasteiger partial charge in [0.15, 0.2) is 0 Å². The number of aryl methyl sites for hydroxylation is 1. The molecule has 2 N–H and O–H groups in total. The molecule has 7 heteroatoms. The molecule has 1 aliphatic rings. The van der Waals surface area contributed by atoms with Crippen molar-refractivity contribution in [2.75, 3.05) is 32.1 Å². The van der Waals surface area contributed by atoms with Crippen LogP contribution in [0.1, 0.15) is 27.6 Å². The summed E-state index contributed by atoms with van der Waals surface area (Å²) in [6.45, 7) is 3.29. The topological polar surface area (TPSA) is 70.7 Å². The number of hydrogen-bond donors (Lipinski definition) is 2. The van der Waals surface area contributed by atoms with Gasteiger partial charge in [0.25, 0.3) is 5.91 Å². The van der Waals surface area contributed by atoms with Gasteiger partial charge in [-0.3, -0.25) is 4.79 Å². The third-order valence-electron chi connectivity index (χ3n) is 4.56. The molecule has 1 saturated heterocycles. The number of rotatable bonds is 3. The molecule has 0 aromatic heterocycles. The Kier molecular flexibility index (Phi) is 5.98. The number of nitrogens with one attached hydrogen (secondary N) is 2. The third-order valence-corrected chi connectivity index (χ3v) is 4.82. The molecule has 6 nitrogen and oxygen atoms in total. The molecule has 1 atom stereocenters. The van der Waals surface area contributed by atoms with Crippen LogP contribution < -0.4 is 10.6 Å². The van der Waals surface area contributed by atoms with Gasteiger partial charge in [-0.15, -0.1) is 0 Å². The van der Waals surface area contributed by atoms with E-state index in [-0.39, 0.29) is 18.0 Å². The van der Waals surface area contributed by atoms with E-state index in [2.05, 4.69) is 10.6 Å². The van der Waals surface area contributed by atoms with Crippen LogP contribution in [0.4, 0.5) is 10.5 Å². The molecule has 142 valence electrons. The fourth-order valence-electron chi connectivity index (χ4n) is 2.95. The van der Waals surface area contributed by atoms with Crippen molar-refractivity contribution < 1.29 is 14.3 Å². The van der Waals surface area contributed by atoms with Crippen molar-refractivity contribution in [3.63, 3.8) is 0 Å². The van der Waals surface area contributed by atoms with E-state index in [4.69, 9.17) is 16.3 Å². The molecule has 3 rings (SSSR count). The second-order valence-electron chi connectivity index (χ2n) is 6.40. The molecule has 0 radical (unpaired) electrons. The fourth-order valence-corrected chi connectivity index (χ4v) is 3.08. The van der Waals surface area contributed by atoms with E-state index in [0.717, 1.165) is 11.1 Å². The second-order valence-corrected chi connectivity index (χ2v) is 6.83. The summed E-state index contributed by atoms with van der Waals surface area (Å²) in [5.41, 5.74) is 2.99. The molecule has 0 unspecified atom stereocenters. The highest BCUT2D eigenvalue weighted by atomic mass is 35.5. The molecule has 27 heavy (non-hydrogen) atoms. The first-order chi connectivity index (χ1) is 13.0. The summed E-state index contributed by atoms with van der Waals surface area (Å²) >= 11 is 5.94. The number of urea groups is 1. The summed E-state index contributed by atoms with van der Waals surface area (Å²) in [5.74, 6) is -0.195. The van der Waals surface area contributed by atoms with Crippen molar-refractivity contribution in [2.45, 2.75) is 13.0 Å². The first-order valence-electron chi connectivity index (χ1n) is 8.73. The number of hydrogen-bond acceptors (Lipinski definition) is 3. The summed E-state index contributed by atoms with van der Waals surface area (Å²) in [4.78, 5) is 26.3. The summed E-state index contributed by atoms with van der Waals surface area (Å²) in [6.07, 6.45) is -0.194. The molecule has 2 aromatic carbocycles. The van der Waals surface area contributed by atoms with E-state index in [1.165, 1.54) is 0 Å². The van der Waals surface area contributed by atoms with Crippen molar-refractivity contribution in [1.82, 2.24) is 10.2 Å². The minimum atomic E-state index is -0.213. The minimum Gasteiger partial charge on any atom is -0.370 e. The van der Waals surface area contributed by atoms with E-state index in [9.17, 15) is 9.59 Å². The van der Waals surface area contributed by atoms with Gasteiger partial charge in [-0.05, 0) is 42.3 Å². The highest BCUT2D eigenvalue weighted by Gasteiger charge is 2.25. The van der Waals surface area contributed by atoms with Gasteiger partial charge >= 0.3 is 6.03 Å². The zero-order valence-corrected chi connectivity index (χ0v) is 16.0. The van der Waals surface area contributed by atoms with Gasteiger partial charge in [-0.2, -0.15) is 0 Å². The van der Waals surface area contributed by atoms with Crippen LogP contribution in [0.2, 0.25) is 5.02 Å². The lowest BCUT2D eigenvalue weighted by atomic mass is 10.1. The van der Waals surface area contributed by atoms with Crippen LogP contribution in [0.25, 0.3) is 0 Å². The van der Waals surface area contributed by atoms with Crippen LogP contribution in [0.15, 0.2) is 42.5 Å². The van der Waals surface area contributed by atoms with Crippen molar-refractivity contribution in [1.29, 1.82) is 0 Å². The summed E-state index contributed by atoms with van der Waals surface area (Å²) < 4.78 is 5.81. The zero-order chi connectivity index (χ0) is 19.4. The van der Waals surface area contributed by atoms with Crippen molar-refractivity contribution >= 4 is 29.2 Å². The number of amides is 3. The number of anilines is 1. The van der Waals surface area contributed by atoms with Crippen LogP contribution >= 0.6 is 11.6 Å². The Morgan fingerprint density at radius 2 is 1.93 bits per heavy atom. The van der Waals surface area contributed by atoms with Gasteiger partial charge in [-0.1, -0.05) is 29.8 Å². The molecule has 0 spiro atoms. The SMILES string of the molecule is CNC(=O)c1ccc(C)c(NC(=O)N2CCO[C@@H](c3ccc(Cl)cc3)C2)c1. The van der Waals surface area contributed by atoms with Gasteiger partial charge in [0.1, 0.15) is 6.10 Å². The number of carbonyl (C=O) groups excluding carboxylic acids is 2. The Labute approximate surface area is 163 Å². The monoisotopic (exact) mass is 387 g/mol. The molecule has 0 saturated carbocycles. The van der Waals surface area contributed by atoms with E-state index >= 15 is 0 Å². The zero-order valence-electron chi connectivity index (χ0n) is 15.3. The van der Waals surface area contributed by atoms with E-state index < -0.39 is 0 Å². The average Bonchev–Trinajstić information content (AvgIpc) is 2.69. The number of benzene rings is 2. The number of ether oxygens (including phenoxy) is 1. The maximum absolute atomic E-state index is 12.7. The highest BCUT2D eigenvalue weighted by Crippen LogP contribution is 2.25. The lowest BCUT2D eigenvalue weighted by Gasteiger charge is -2.33.